The molecule has 6 nitrogen and oxygen atoms in total. The van der Waals surface area contributed by atoms with Crippen LogP contribution >= 0.6 is 11.8 Å². The Hall–Kier alpha value is -4.36. The van der Waals surface area contributed by atoms with Gasteiger partial charge in [-0.3, -0.25) is 9.36 Å². The predicted molar refractivity (Wildman–Crippen MR) is 149 cm³/mol. The standard InChI is InChI=1S/C31H26N4O2S/c1-21(37-23-14-6-3-7-15-23)30-33-34-31(35(30)22-12-4-2-5-13-22)38-20-28(36)32-29-26-18-10-8-16-24(26)25-17-9-11-19-27(25)29/h2-19,21,29H,20H2,1H3,(H,32,36)/t21-/m0/s1. The summed E-state index contributed by atoms with van der Waals surface area (Å²) in [6, 6.07) is 35.9. The Labute approximate surface area is 225 Å². The highest BCUT2D eigenvalue weighted by Crippen LogP contribution is 2.43. The predicted octanol–water partition coefficient (Wildman–Crippen LogP) is 6.39. The molecule has 188 valence electrons. The monoisotopic (exact) mass is 518 g/mol. The molecule has 1 heterocycles. The molecule has 0 spiro atoms. The molecule has 1 atom stereocenters. The van der Waals surface area contributed by atoms with Crippen molar-refractivity contribution in [2.75, 3.05) is 5.75 Å². The van der Waals surface area contributed by atoms with Gasteiger partial charge in [-0.15, -0.1) is 10.2 Å². The summed E-state index contributed by atoms with van der Waals surface area (Å²) in [5.41, 5.74) is 5.49. The van der Waals surface area contributed by atoms with Crippen molar-refractivity contribution in [2.24, 2.45) is 0 Å². The van der Waals surface area contributed by atoms with Crippen molar-refractivity contribution in [3.63, 3.8) is 0 Å². The maximum Gasteiger partial charge on any atom is 0.231 e. The number of carbonyl (C=O) groups is 1. The minimum Gasteiger partial charge on any atom is -0.483 e. The summed E-state index contributed by atoms with van der Waals surface area (Å²) in [7, 11) is 0. The van der Waals surface area contributed by atoms with Gasteiger partial charge < -0.3 is 10.1 Å². The summed E-state index contributed by atoms with van der Waals surface area (Å²) in [4.78, 5) is 13.2. The van der Waals surface area contributed by atoms with E-state index in [0.29, 0.717) is 11.0 Å². The van der Waals surface area contributed by atoms with Crippen LogP contribution in [0.2, 0.25) is 0 Å². The van der Waals surface area contributed by atoms with E-state index in [0.717, 1.165) is 22.6 Å². The average molecular weight is 519 g/mol. The Morgan fingerprint density at radius 2 is 1.42 bits per heavy atom. The molecule has 38 heavy (non-hydrogen) atoms. The SMILES string of the molecule is C[C@H](Oc1ccccc1)c1nnc(SCC(=O)NC2c3ccccc3-c3ccccc32)n1-c1ccccc1. The number of para-hydroxylation sites is 2. The van der Waals surface area contributed by atoms with Crippen molar-refractivity contribution in [1.29, 1.82) is 0 Å². The maximum atomic E-state index is 13.2. The lowest BCUT2D eigenvalue weighted by atomic mass is 10.1. The zero-order chi connectivity index (χ0) is 25.9. The van der Waals surface area contributed by atoms with Crippen LogP contribution in [0.1, 0.15) is 36.0 Å². The van der Waals surface area contributed by atoms with Crippen molar-refractivity contribution in [2.45, 2.75) is 24.2 Å². The molecule has 0 saturated heterocycles. The van der Waals surface area contributed by atoms with Gasteiger partial charge >= 0.3 is 0 Å². The van der Waals surface area contributed by atoms with Gasteiger partial charge in [0.15, 0.2) is 17.1 Å². The molecule has 0 radical (unpaired) electrons. The summed E-state index contributed by atoms with van der Waals surface area (Å²) < 4.78 is 8.11. The summed E-state index contributed by atoms with van der Waals surface area (Å²) in [5, 5.41) is 12.8. The topological polar surface area (TPSA) is 69.0 Å². The highest BCUT2D eigenvalue weighted by molar-refractivity contribution is 7.99. The Bertz CT molecular complexity index is 1520. The van der Waals surface area contributed by atoms with Crippen LogP contribution in [0.15, 0.2) is 114 Å². The second-order valence-corrected chi connectivity index (χ2v) is 9.99. The van der Waals surface area contributed by atoms with E-state index in [9.17, 15) is 4.79 Å². The van der Waals surface area contributed by atoms with Gasteiger partial charge in [0.2, 0.25) is 5.91 Å². The number of ether oxygens (including phenoxy) is 1. The minimum atomic E-state index is -0.347. The van der Waals surface area contributed by atoms with Crippen LogP contribution in [0.4, 0.5) is 0 Å². The lowest BCUT2D eigenvalue weighted by Gasteiger charge is -2.17. The van der Waals surface area contributed by atoms with Gasteiger partial charge in [-0.05, 0) is 53.4 Å². The second-order valence-electron chi connectivity index (χ2n) is 9.05. The third kappa shape index (κ3) is 4.68. The molecule has 1 N–H and O–H groups in total. The van der Waals surface area contributed by atoms with E-state index >= 15 is 0 Å². The number of carbonyl (C=O) groups excluding carboxylic acids is 1. The van der Waals surface area contributed by atoms with Crippen molar-refractivity contribution in [3.8, 4) is 22.6 Å². The lowest BCUT2D eigenvalue weighted by Crippen LogP contribution is -2.29. The van der Waals surface area contributed by atoms with Crippen molar-refractivity contribution < 1.29 is 9.53 Å². The van der Waals surface area contributed by atoms with Crippen LogP contribution in [0.25, 0.3) is 16.8 Å². The number of aromatic nitrogens is 3. The average Bonchev–Trinajstić information content (AvgIpc) is 3.53. The van der Waals surface area contributed by atoms with Crippen molar-refractivity contribution >= 4 is 17.7 Å². The van der Waals surface area contributed by atoms with E-state index in [1.54, 1.807) is 0 Å². The number of amides is 1. The lowest BCUT2D eigenvalue weighted by molar-refractivity contribution is -0.119. The number of benzene rings is 4. The van der Waals surface area contributed by atoms with Crippen LogP contribution in [0.3, 0.4) is 0 Å². The van der Waals surface area contributed by atoms with E-state index in [1.807, 2.05) is 96.4 Å². The van der Waals surface area contributed by atoms with Crippen molar-refractivity contribution in [1.82, 2.24) is 20.1 Å². The first-order valence-electron chi connectivity index (χ1n) is 12.5. The minimum absolute atomic E-state index is 0.0655. The number of nitrogens with one attached hydrogen (secondary N) is 1. The Balaban J connectivity index is 1.22. The third-order valence-electron chi connectivity index (χ3n) is 6.56. The number of hydrogen-bond acceptors (Lipinski definition) is 5. The van der Waals surface area contributed by atoms with Gasteiger partial charge in [-0.1, -0.05) is 96.7 Å². The smallest absolute Gasteiger partial charge is 0.231 e. The van der Waals surface area contributed by atoms with Crippen LogP contribution in [-0.4, -0.2) is 26.4 Å². The first-order valence-corrected chi connectivity index (χ1v) is 13.5. The molecule has 4 aromatic carbocycles. The van der Waals surface area contributed by atoms with Gasteiger partial charge in [0.05, 0.1) is 11.8 Å². The molecular weight excluding hydrogens is 492 g/mol. The van der Waals surface area contributed by atoms with E-state index in [2.05, 4.69) is 39.8 Å². The van der Waals surface area contributed by atoms with E-state index < -0.39 is 0 Å². The van der Waals surface area contributed by atoms with Crippen LogP contribution in [0.5, 0.6) is 5.75 Å². The van der Waals surface area contributed by atoms with E-state index in [4.69, 9.17) is 4.74 Å². The van der Waals surface area contributed by atoms with E-state index in [1.165, 1.54) is 22.9 Å². The molecule has 0 unspecified atom stereocenters. The summed E-state index contributed by atoms with van der Waals surface area (Å²) in [5.74, 6) is 1.57. The molecular formula is C31H26N4O2S. The highest BCUT2D eigenvalue weighted by Gasteiger charge is 2.29. The fourth-order valence-electron chi connectivity index (χ4n) is 4.86. The number of rotatable bonds is 8. The Kier molecular flexibility index (Phi) is 6.67. The Morgan fingerprint density at radius 1 is 0.842 bits per heavy atom. The van der Waals surface area contributed by atoms with Crippen LogP contribution in [-0.2, 0) is 4.79 Å². The largest absolute Gasteiger partial charge is 0.483 e. The maximum absolute atomic E-state index is 13.2. The van der Waals surface area contributed by atoms with Gasteiger partial charge in [0.1, 0.15) is 5.75 Å². The molecule has 1 aliphatic carbocycles. The molecule has 0 saturated carbocycles. The molecule has 5 aromatic rings. The third-order valence-corrected chi connectivity index (χ3v) is 7.49. The number of hydrogen-bond donors (Lipinski definition) is 1. The molecule has 1 amide bonds. The van der Waals surface area contributed by atoms with Crippen LogP contribution in [0, 0.1) is 0 Å². The molecule has 1 aromatic heterocycles. The van der Waals surface area contributed by atoms with Crippen molar-refractivity contribution in [3.05, 3.63) is 126 Å². The molecule has 0 aliphatic heterocycles. The molecule has 0 fully saturated rings. The van der Waals surface area contributed by atoms with Crippen LogP contribution < -0.4 is 10.1 Å². The summed E-state index contributed by atoms with van der Waals surface area (Å²) >= 11 is 1.36. The van der Waals surface area contributed by atoms with Gasteiger partial charge in [-0.25, -0.2) is 0 Å². The number of nitrogens with zero attached hydrogens (tertiary/aromatic N) is 3. The van der Waals surface area contributed by atoms with Gasteiger partial charge in [0, 0.05) is 5.69 Å². The normalized spacial score (nSPS) is 13.0. The quantitative estimate of drug-likeness (QED) is 0.241. The molecule has 7 heteroatoms. The molecule has 0 bridgehead atoms. The summed E-state index contributed by atoms with van der Waals surface area (Å²) in [6.07, 6.45) is -0.347. The highest BCUT2D eigenvalue weighted by atomic mass is 32.2. The first-order chi connectivity index (χ1) is 18.7. The molecule has 6 rings (SSSR count). The van der Waals surface area contributed by atoms with Gasteiger partial charge in [-0.2, -0.15) is 0 Å². The van der Waals surface area contributed by atoms with Gasteiger partial charge in [0.25, 0.3) is 0 Å². The fraction of sp³-hybridized carbons (Fsp3) is 0.129. The zero-order valence-corrected chi connectivity index (χ0v) is 21.6. The first kappa shape index (κ1) is 24.0. The zero-order valence-electron chi connectivity index (χ0n) is 20.8. The summed E-state index contributed by atoms with van der Waals surface area (Å²) in [6.45, 7) is 1.95. The second kappa shape index (κ2) is 10.6. The number of fused-ring (bicyclic) bond motifs is 3. The Morgan fingerprint density at radius 3 is 2.08 bits per heavy atom. The van der Waals surface area contributed by atoms with E-state index in [-0.39, 0.29) is 23.8 Å². The fourth-order valence-corrected chi connectivity index (χ4v) is 5.63. The number of thioether (sulfide) groups is 1. The molecule has 1 aliphatic rings.